The van der Waals surface area contributed by atoms with Crippen LogP contribution in [-0.4, -0.2) is 31.1 Å². The highest BCUT2D eigenvalue weighted by Gasteiger charge is 2.34. The molecule has 0 saturated carbocycles. The third-order valence-electron chi connectivity index (χ3n) is 4.43. The zero-order chi connectivity index (χ0) is 21.6. The molecule has 1 aliphatic heterocycles. The first kappa shape index (κ1) is 21.8. The van der Waals surface area contributed by atoms with Crippen molar-refractivity contribution in [2.45, 2.75) is 31.7 Å². The molecule has 30 heavy (non-hydrogen) atoms. The van der Waals surface area contributed by atoms with Crippen LogP contribution >= 0.6 is 0 Å². The van der Waals surface area contributed by atoms with E-state index in [4.69, 9.17) is 9.47 Å². The molecule has 1 atom stereocenters. The van der Waals surface area contributed by atoms with Gasteiger partial charge in [0.2, 0.25) is 5.91 Å². The molecule has 9 heteroatoms. The van der Waals surface area contributed by atoms with Crippen molar-refractivity contribution in [3.8, 4) is 0 Å². The lowest BCUT2D eigenvalue weighted by molar-refractivity contribution is -0.137. The van der Waals surface area contributed by atoms with E-state index < -0.39 is 42.0 Å². The molecule has 6 nitrogen and oxygen atoms in total. The first-order valence-corrected chi connectivity index (χ1v) is 9.38. The third-order valence-corrected chi connectivity index (χ3v) is 4.43. The van der Waals surface area contributed by atoms with Gasteiger partial charge in [-0.2, -0.15) is 13.2 Å². The number of alkyl halides is 3. The lowest BCUT2D eigenvalue weighted by Crippen LogP contribution is -2.27. The van der Waals surface area contributed by atoms with Crippen LogP contribution in [0.15, 0.2) is 48.5 Å². The van der Waals surface area contributed by atoms with Gasteiger partial charge in [0.05, 0.1) is 17.9 Å². The number of anilines is 2. The largest absolute Gasteiger partial charge is 0.418 e. The number of halogens is 3. The number of rotatable bonds is 7. The summed E-state index contributed by atoms with van der Waals surface area (Å²) in [5.41, 5.74) is -0.663. The number of hydrogen-bond donors (Lipinski definition) is 2. The Hall–Kier alpha value is -2.91. The number of hydrogen-bond acceptors (Lipinski definition) is 4. The Morgan fingerprint density at radius 1 is 1.10 bits per heavy atom. The van der Waals surface area contributed by atoms with Crippen molar-refractivity contribution in [1.82, 2.24) is 0 Å². The predicted molar refractivity (Wildman–Crippen MR) is 104 cm³/mol. The van der Waals surface area contributed by atoms with E-state index in [-0.39, 0.29) is 12.3 Å². The molecule has 1 heterocycles. The summed E-state index contributed by atoms with van der Waals surface area (Å²) in [5, 5.41) is 4.65. The molecule has 2 N–H and O–H groups in total. The second kappa shape index (κ2) is 9.73. The molecule has 1 fully saturated rings. The van der Waals surface area contributed by atoms with E-state index in [0.29, 0.717) is 13.0 Å². The topological polar surface area (TPSA) is 76.7 Å². The monoisotopic (exact) mass is 422 g/mol. The normalized spacial score (nSPS) is 16.3. The van der Waals surface area contributed by atoms with E-state index >= 15 is 0 Å². The molecule has 1 saturated heterocycles. The van der Waals surface area contributed by atoms with Gasteiger partial charge >= 0.3 is 6.18 Å². The molecule has 3 rings (SSSR count). The van der Waals surface area contributed by atoms with E-state index in [1.807, 2.05) is 30.3 Å². The average molecular weight is 422 g/mol. The molecular formula is C21H21F3N2O4. The highest BCUT2D eigenvalue weighted by atomic mass is 19.4. The van der Waals surface area contributed by atoms with E-state index in [1.165, 1.54) is 6.07 Å². The summed E-state index contributed by atoms with van der Waals surface area (Å²) in [6.07, 6.45) is -4.14. The van der Waals surface area contributed by atoms with Crippen LogP contribution in [0.2, 0.25) is 0 Å². The van der Waals surface area contributed by atoms with Crippen LogP contribution in [0.25, 0.3) is 0 Å². The van der Waals surface area contributed by atoms with Gasteiger partial charge in [-0.3, -0.25) is 9.59 Å². The highest BCUT2D eigenvalue weighted by Crippen LogP contribution is 2.36. The second-order valence-corrected chi connectivity index (χ2v) is 6.78. The summed E-state index contributed by atoms with van der Waals surface area (Å²) in [5.74, 6) is -1.21. The zero-order valence-corrected chi connectivity index (χ0v) is 16.0. The molecular weight excluding hydrogens is 401 g/mol. The van der Waals surface area contributed by atoms with Crippen LogP contribution in [0, 0.1) is 0 Å². The molecule has 0 aliphatic carbocycles. The standard InChI is InChI=1S/C21H21F3N2O4/c22-21(23,24)16-11-15(25-20(28)18-7-4-10-30-18)8-9-17(16)26-19(27)13-29-12-14-5-2-1-3-6-14/h1-3,5-6,8-9,11,18H,4,7,10,12-13H2,(H,25,28)(H,26,27). The van der Waals surface area contributed by atoms with Gasteiger partial charge in [0.25, 0.3) is 5.91 Å². The van der Waals surface area contributed by atoms with E-state index in [2.05, 4.69) is 10.6 Å². The number of carbonyl (C=O) groups excluding carboxylic acids is 2. The molecule has 2 aromatic carbocycles. The van der Waals surface area contributed by atoms with Crippen molar-refractivity contribution in [1.29, 1.82) is 0 Å². The molecule has 0 aromatic heterocycles. The molecule has 0 bridgehead atoms. The predicted octanol–water partition coefficient (Wildman–Crippen LogP) is 3.98. The van der Waals surface area contributed by atoms with Crippen molar-refractivity contribution in [2.75, 3.05) is 23.8 Å². The van der Waals surface area contributed by atoms with Crippen LogP contribution < -0.4 is 10.6 Å². The maximum atomic E-state index is 13.5. The Kier molecular flexibility index (Phi) is 7.07. The Labute approximate surface area is 171 Å². The number of amides is 2. The highest BCUT2D eigenvalue weighted by molar-refractivity contribution is 5.96. The summed E-state index contributed by atoms with van der Waals surface area (Å²) < 4.78 is 50.9. The summed E-state index contributed by atoms with van der Waals surface area (Å²) in [6, 6.07) is 12.3. The average Bonchev–Trinajstić information content (AvgIpc) is 3.24. The maximum Gasteiger partial charge on any atom is 0.418 e. The van der Waals surface area contributed by atoms with Crippen molar-refractivity contribution >= 4 is 23.2 Å². The van der Waals surface area contributed by atoms with Crippen LogP contribution in [0.4, 0.5) is 24.5 Å². The Bertz CT molecular complexity index is 882. The van der Waals surface area contributed by atoms with Gasteiger partial charge in [0.15, 0.2) is 0 Å². The van der Waals surface area contributed by atoms with Crippen LogP contribution in [-0.2, 0) is 31.8 Å². The Morgan fingerprint density at radius 3 is 2.53 bits per heavy atom. The summed E-state index contributed by atoms with van der Waals surface area (Å²) >= 11 is 0. The second-order valence-electron chi connectivity index (χ2n) is 6.78. The summed E-state index contributed by atoms with van der Waals surface area (Å²) in [7, 11) is 0. The zero-order valence-electron chi connectivity index (χ0n) is 16.0. The molecule has 2 amide bonds. The van der Waals surface area contributed by atoms with Crippen molar-refractivity contribution < 1.29 is 32.2 Å². The maximum absolute atomic E-state index is 13.5. The minimum atomic E-state index is -4.72. The SMILES string of the molecule is O=C(COCc1ccccc1)Nc1ccc(NC(=O)C2CCCO2)cc1C(F)(F)F. The fourth-order valence-electron chi connectivity index (χ4n) is 2.99. The minimum absolute atomic E-state index is 0.0267. The van der Waals surface area contributed by atoms with Crippen LogP contribution in [0.1, 0.15) is 24.0 Å². The first-order valence-electron chi connectivity index (χ1n) is 9.38. The van der Waals surface area contributed by atoms with Gasteiger partial charge < -0.3 is 20.1 Å². The van der Waals surface area contributed by atoms with Gasteiger partial charge in [0, 0.05) is 12.3 Å². The number of nitrogens with one attached hydrogen (secondary N) is 2. The molecule has 1 aliphatic rings. The lowest BCUT2D eigenvalue weighted by atomic mass is 10.1. The molecule has 0 radical (unpaired) electrons. The lowest BCUT2D eigenvalue weighted by Gasteiger charge is -2.17. The fraction of sp³-hybridized carbons (Fsp3) is 0.333. The Morgan fingerprint density at radius 2 is 1.87 bits per heavy atom. The Balaban J connectivity index is 1.63. The molecule has 2 aromatic rings. The van der Waals surface area contributed by atoms with Gasteiger partial charge in [-0.15, -0.1) is 0 Å². The fourth-order valence-corrected chi connectivity index (χ4v) is 2.99. The van der Waals surface area contributed by atoms with Crippen molar-refractivity contribution in [3.63, 3.8) is 0 Å². The van der Waals surface area contributed by atoms with E-state index in [1.54, 1.807) is 0 Å². The van der Waals surface area contributed by atoms with Gasteiger partial charge in [0.1, 0.15) is 12.7 Å². The van der Waals surface area contributed by atoms with E-state index in [9.17, 15) is 22.8 Å². The number of ether oxygens (including phenoxy) is 2. The van der Waals surface area contributed by atoms with Gasteiger partial charge in [-0.25, -0.2) is 0 Å². The van der Waals surface area contributed by atoms with Gasteiger partial charge in [-0.05, 0) is 36.6 Å². The van der Waals surface area contributed by atoms with Crippen molar-refractivity contribution in [2.24, 2.45) is 0 Å². The smallest absolute Gasteiger partial charge is 0.368 e. The summed E-state index contributed by atoms with van der Waals surface area (Å²) in [4.78, 5) is 24.1. The molecule has 0 spiro atoms. The first-order chi connectivity index (χ1) is 14.3. The van der Waals surface area contributed by atoms with Crippen LogP contribution in [0.5, 0.6) is 0 Å². The molecule has 160 valence electrons. The quantitative estimate of drug-likeness (QED) is 0.708. The van der Waals surface area contributed by atoms with E-state index in [0.717, 1.165) is 24.1 Å². The minimum Gasteiger partial charge on any atom is -0.368 e. The van der Waals surface area contributed by atoms with Crippen molar-refractivity contribution in [3.05, 3.63) is 59.7 Å². The number of carbonyl (C=O) groups is 2. The van der Waals surface area contributed by atoms with Crippen LogP contribution in [0.3, 0.4) is 0 Å². The summed E-state index contributed by atoms with van der Waals surface area (Å²) in [6.45, 7) is 0.210. The van der Waals surface area contributed by atoms with Gasteiger partial charge in [-0.1, -0.05) is 30.3 Å². The third kappa shape index (κ3) is 6.04. The molecule has 1 unspecified atom stereocenters. The number of benzene rings is 2.